The van der Waals surface area contributed by atoms with Gasteiger partial charge >= 0.3 is 11.6 Å². The second kappa shape index (κ2) is 6.38. The highest BCUT2D eigenvalue weighted by molar-refractivity contribution is 6.04. The predicted octanol–water partition coefficient (Wildman–Crippen LogP) is 4.07. The molecule has 0 unspecified atom stereocenters. The highest BCUT2D eigenvalue weighted by Crippen LogP contribution is 2.26. The number of nitro groups is 1. The summed E-state index contributed by atoms with van der Waals surface area (Å²) in [5, 5.41) is 12.6. The van der Waals surface area contributed by atoms with Gasteiger partial charge in [-0.2, -0.15) is 0 Å². The molecule has 1 heterocycles. The molecular formula is C20H11NO6. The lowest BCUT2D eigenvalue weighted by atomic mass is 10.1. The molecule has 3 aromatic carbocycles. The fourth-order valence-corrected chi connectivity index (χ4v) is 2.81. The summed E-state index contributed by atoms with van der Waals surface area (Å²) in [6.07, 6.45) is 0. The number of fused-ring (bicyclic) bond motifs is 3. The number of hydrogen-bond acceptors (Lipinski definition) is 6. The van der Waals surface area contributed by atoms with Gasteiger partial charge in [-0.25, -0.2) is 9.59 Å². The van der Waals surface area contributed by atoms with Gasteiger partial charge in [-0.3, -0.25) is 10.1 Å². The summed E-state index contributed by atoms with van der Waals surface area (Å²) >= 11 is 0. The number of non-ortho nitro benzene ring substituents is 1. The first-order valence-electron chi connectivity index (χ1n) is 7.95. The Balaban J connectivity index is 1.68. The zero-order valence-corrected chi connectivity index (χ0v) is 13.7. The molecule has 0 aliphatic heterocycles. The molecule has 7 heteroatoms. The normalized spacial score (nSPS) is 10.8. The van der Waals surface area contributed by atoms with Crippen LogP contribution in [0.5, 0.6) is 5.75 Å². The first kappa shape index (κ1) is 16.5. The monoisotopic (exact) mass is 361 g/mol. The molecule has 0 N–H and O–H groups in total. The molecule has 1 aromatic heterocycles. The molecule has 132 valence electrons. The molecule has 27 heavy (non-hydrogen) atoms. The average Bonchev–Trinajstić information content (AvgIpc) is 2.68. The van der Waals surface area contributed by atoms with Crippen molar-refractivity contribution in [2.24, 2.45) is 0 Å². The number of benzene rings is 3. The minimum Gasteiger partial charge on any atom is -0.423 e. The van der Waals surface area contributed by atoms with E-state index in [1.54, 1.807) is 24.3 Å². The van der Waals surface area contributed by atoms with E-state index in [0.29, 0.717) is 11.0 Å². The zero-order valence-electron chi connectivity index (χ0n) is 13.7. The van der Waals surface area contributed by atoms with Gasteiger partial charge < -0.3 is 9.15 Å². The van der Waals surface area contributed by atoms with E-state index in [2.05, 4.69) is 0 Å². The maximum atomic E-state index is 12.2. The van der Waals surface area contributed by atoms with Crippen molar-refractivity contribution in [2.75, 3.05) is 0 Å². The Morgan fingerprint density at radius 2 is 1.63 bits per heavy atom. The van der Waals surface area contributed by atoms with Gasteiger partial charge in [0.15, 0.2) is 0 Å². The van der Waals surface area contributed by atoms with Crippen LogP contribution in [0.3, 0.4) is 0 Å². The quantitative estimate of drug-likeness (QED) is 0.136. The number of nitrogens with zero attached hydrogens (tertiary/aromatic N) is 1. The predicted molar refractivity (Wildman–Crippen MR) is 98.0 cm³/mol. The van der Waals surface area contributed by atoms with E-state index in [-0.39, 0.29) is 17.0 Å². The fourth-order valence-electron chi connectivity index (χ4n) is 2.81. The number of nitro benzene ring substituents is 1. The Labute approximate surface area is 151 Å². The lowest BCUT2D eigenvalue weighted by molar-refractivity contribution is -0.384. The molecular weight excluding hydrogens is 350 g/mol. The van der Waals surface area contributed by atoms with E-state index in [1.165, 1.54) is 30.3 Å². The van der Waals surface area contributed by atoms with E-state index in [9.17, 15) is 19.7 Å². The largest absolute Gasteiger partial charge is 0.423 e. The van der Waals surface area contributed by atoms with E-state index < -0.39 is 16.5 Å². The van der Waals surface area contributed by atoms with Gasteiger partial charge in [0.2, 0.25) is 0 Å². The molecule has 7 nitrogen and oxygen atoms in total. The second-order valence-corrected chi connectivity index (χ2v) is 5.79. The lowest BCUT2D eigenvalue weighted by Gasteiger charge is -2.06. The summed E-state index contributed by atoms with van der Waals surface area (Å²) in [7, 11) is 0. The summed E-state index contributed by atoms with van der Waals surface area (Å²) in [5.41, 5.74) is -0.129. The molecule has 0 saturated carbocycles. The van der Waals surface area contributed by atoms with Crippen LogP contribution in [-0.4, -0.2) is 10.9 Å². The zero-order chi connectivity index (χ0) is 19.0. The highest BCUT2D eigenvalue weighted by Gasteiger charge is 2.13. The minimum absolute atomic E-state index is 0.120. The Kier molecular flexibility index (Phi) is 3.89. The number of carbonyl (C=O) groups excluding carboxylic acids is 1. The topological polar surface area (TPSA) is 99.7 Å². The van der Waals surface area contributed by atoms with Gasteiger partial charge in [0, 0.05) is 23.6 Å². The maximum Gasteiger partial charge on any atom is 0.344 e. The minimum atomic E-state index is -0.674. The lowest BCUT2D eigenvalue weighted by Crippen LogP contribution is -2.08. The van der Waals surface area contributed by atoms with Crippen LogP contribution in [0.2, 0.25) is 0 Å². The third kappa shape index (κ3) is 3.02. The maximum absolute atomic E-state index is 12.2. The molecule has 0 aliphatic carbocycles. The van der Waals surface area contributed by atoms with Gasteiger partial charge in [0.25, 0.3) is 5.69 Å². The molecule has 0 spiro atoms. The van der Waals surface area contributed by atoms with E-state index >= 15 is 0 Å². The van der Waals surface area contributed by atoms with Crippen molar-refractivity contribution in [1.82, 2.24) is 0 Å². The molecule has 0 bridgehead atoms. The van der Waals surface area contributed by atoms with Crippen molar-refractivity contribution in [3.8, 4) is 5.75 Å². The summed E-state index contributed by atoms with van der Waals surface area (Å²) in [4.78, 5) is 34.5. The molecule has 0 fully saturated rings. The van der Waals surface area contributed by atoms with E-state index in [4.69, 9.17) is 9.15 Å². The van der Waals surface area contributed by atoms with Crippen LogP contribution in [0.25, 0.3) is 21.7 Å². The molecule has 0 atom stereocenters. The van der Waals surface area contributed by atoms with Crippen LogP contribution in [0.4, 0.5) is 5.69 Å². The van der Waals surface area contributed by atoms with E-state index in [0.717, 1.165) is 10.8 Å². The van der Waals surface area contributed by atoms with Crippen LogP contribution in [-0.2, 0) is 0 Å². The van der Waals surface area contributed by atoms with Crippen LogP contribution in [0.1, 0.15) is 10.4 Å². The second-order valence-electron chi connectivity index (χ2n) is 5.79. The van der Waals surface area contributed by atoms with Crippen molar-refractivity contribution < 1.29 is 18.9 Å². The molecule has 4 aromatic rings. The van der Waals surface area contributed by atoms with Crippen LogP contribution >= 0.6 is 0 Å². The Bertz CT molecular complexity index is 1260. The molecule has 0 radical (unpaired) electrons. The van der Waals surface area contributed by atoms with Crippen molar-refractivity contribution in [2.45, 2.75) is 0 Å². The van der Waals surface area contributed by atoms with Crippen LogP contribution < -0.4 is 10.4 Å². The Morgan fingerprint density at radius 3 is 2.33 bits per heavy atom. The van der Waals surface area contributed by atoms with Crippen molar-refractivity contribution >= 4 is 33.4 Å². The average molecular weight is 361 g/mol. The Hall–Kier alpha value is -4.00. The van der Waals surface area contributed by atoms with Gasteiger partial charge in [-0.05, 0) is 35.7 Å². The standard InChI is InChI=1S/C20H11NO6/c22-19(12-5-7-13(8-6-12)21(24)25)26-14-9-10-16-15-3-1-2-4-17(15)20(23)27-18(16)11-14/h1-11H. The number of ether oxygens (including phenoxy) is 1. The smallest absolute Gasteiger partial charge is 0.344 e. The number of hydrogen-bond donors (Lipinski definition) is 0. The first-order chi connectivity index (χ1) is 13.0. The summed E-state index contributed by atoms with van der Waals surface area (Å²) in [6.45, 7) is 0. The van der Waals surface area contributed by atoms with Gasteiger partial charge in [0.1, 0.15) is 11.3 Å². The summed E-state index contributed by atoms with van der Waals surface area (Å²) in [5.74, 6) is -0.475. The third-order valence-corrected chi connectivity index (χ3v) is 4.12. The van der Waals surface area contributed by atoms with Gasteiger partial charge in [-0.1, -0.05) is 18.2 Å². The summed E-state index contributed by atoms with van der Waals surface area (Å²) in [6, 6.07) is 16.9. The van der Waals surface area contributed by atoms with Crippen LogP contribution in [0.15, 0.2) is 75.9 Å². The first-order valence-corrected chi connectivity index (χ1v) is 7.95. The van der Waals surface area contributed by atoms with Crippen molar-refractivity contribution in [1.29, 1.82) is 0 Å². The van der Waals surface area contributed by atoms with E-state index in [1.807, 2.05) is 12.1 Å². The number of rotatable bonds is 3. The molecule has 4 rings (SSSR count). The van der Waals surface area contributed by atoms with Crippen molar-refractivity contribution in [3.05, 3.63) is 92.8 Å². The molecule has 0 amide bonds. The SMILES string of the molecule is O=C(Oc1ccc2c(c1)oc(=O)c1ccccc12)c1ccc([N+](=O)[O-])cc1. The fraction of sp³-hybridized carbons (Fsp3) is 0. The van der Waals surface area contributed by atoms with Gasteiger partial charge in [0.05, 0.1) is 15.9 Å². The highest BCUT2D eigenvalue weighted by atomic mass is 16.6. The molecule has 0 aliphatic rings. The number of esters is 1. The van der Waals surface area contributed by atoms with Gasteiger partial charge in [-0.15, -0.1) is 0 Å². The number of carbonyl (C=O) groups is 1. The third-order valence-electron chi connectivity index (χ3n) is 4.12. The Morgan fingerprint density at radius 1 is 0.926 bits per heavy atom. The summed E-state index contributed by atoms with van der Waals surface area (Å²) < 4.78 is 10.6. The van der Waals surface area contributed by atoms with Crippen molar-refractivity contribution in [3.63, 3.8) is 0 Å². The molecule has 0 saturated heterocycles. The van der Waals surface area contributed by atoms with Crippen LogP contribution in [0, 0.1) is 10.1 Å².